The molecular formula is C9H16N2O. The summed E-state index contributed by atoms with van der Waals surface area (Å²) >= 11 is 0. The van der Waals surface area contributed by atoms with E-state index < -0.39 is 0 Å². The number of hydrogen-bond acceptors (Lipinski definition) is 3. The third-order valence-corrected chi connectivity index (χ3v) is 1.69. The van der Waals surface area contributed by atoms with E-state index in [0.29, 0.717) is 5.92 Å². The van der Waals surface area contributed by atoms with Crippen LogP contribution in [-0.2, 0) is 6.54 Å². The second kappa shape index (κ2) is 4.26. The first-order valence-corrected chi connectivity index (χ1v) is 4.30. The molecule has 0 bridgehead atoms. The van der Waals surface area contributed by atoms with Crippen LogP contribution in [0, 0.1) is 12.8 Å². The van der Waals surface area contributed by atoms with Crippen molar-refractivity contribution in [3.8, 4) is 0 Å². The molecule has 12 heavy (non-hydrogen) atoms. The van der Waals surface area contributed by atoms with Gasteiger partial charge in [0.05, 0.1) is 0 Å². The SMILES string of the molecule is Cc1conc1CNCC(C)C. The van der Waals surface area contributed by atoms with Crippen LogP contribution >= 0.6 is 0 Å². The van der Waals surface area contributed by atoms with Gasteiger partial charge in [-0.05, 0) is 19.4 Å². The summed E-state index contributed by atoms with van der Waals surface area (Å²) in [7, 11) is 0. The lowest BCUT2D eigenvalue weighted by atomic mass is 10.2. The van der Waals surface area contributed by atoms with Crippen LogP contribution in [0.5, 0.6) is 0 Å². The van der Waals surface area contributed by atoms with Gasteiger partial charge in [-0.25, -0.2) is 0 Å². The standard InChI is InChI=1S/C9H16N2O/c1-7(2)4-10-5-9-8(3)6-12-11-9/h6-7,10H,4-5H2,1-3H3. The van der Waals surface area contributed by atoms with Crippen LogP contribution in [0.25, 0.3) is 0 Å². The van der Waals surface area contributed by atoms with Crippen LogP contribution in [-0.4, -0.2) is 11.7 Å². The Kier molecular flexibility index (Phi) is 3.29. The third kappa shape index (κ3) is 2.66. The van der Waals surface area contributed by atoms with Gasteiger partial charge in [-0.2, -0.15) is 0 Å². The van der Waals surface area contributed by atoms with Gasteiger partial charge >= 0.3 is 0 Å². The molecule has 1 aromatic heterocycles. The van der Waals surface area contributed by atoms with E-state index in [0.717, 1.165) is 24.3 Å². The van der Waals surface area contributed by atoms with Crippen molar-refractivity contribution < 1.29 is 4.52 Å². The molecule has 1 rings (SSSR count). The summed E-state index contributed by atoms with van der Waals surface area (Å²) in [5, 5.41) is 7.18. The molecule has 0 spiro atoms. The maximum absolute atomic E-state index is 4.81. The predicted octanol–water partition coefficient (Wildman–Crippen LogP) is 1.73. The molecule has 0 atom stereocenters. The number of nitrogens with zero attached hydrogens (tertiary/aromatic N) is 1. The van der Waals surface area contributed by atoms with Crippen molar-refractivity contribution in [2.75, 3.05) is 6.54 Å². The predicted molar refractivity (Wildman–Crippen MR) is 47.8 cm³/mol. The Hall–Kier alpha value is -0.830. The second-order valence-corrected chi connectivity index (χ2v) is 3.47. The molecule has 0 aliphatic carbocycles. The van der Waals surface area contributed by atoms with Gasteiger partial charge in [0.15, 0.2) is 0 Å². The first-order chi connectivity index (χ1) is 5.70. The lowest BCUT2D eigenvalue weighted by molar-refractivity contribution is 0.406. The van der Waals surface area contributed by atoms with E-state index >= 15 is 0 Å². The summed E-state index contributed by atoms with van der Waals surface area (Å²) in [5.74, 6) is 0.678. The zero-order valence-electron chi connectivity index (χ0n) is 7.92. The van der Waals surface area contributed by atoms with Crippen LogP contribution in [0.2, 0.25) is 0 Å². The highest BCUT2D eigenvalue weighted by molar-refractivity contribution is 5.11. The average molecular weight is 168 g/mol. The molecule has 0 radical (unpaired) electrons. The summed E-state index contributed by atoms with van der Waals surface area (Å²) in [6.45, 7) is 8.20. The fourth-order valence-electron chi connectivity index (χ4n) is 0.960. The van der Waals surface area contributed by atoms with Gasteiger partial charge in [0, 0.05) is 12.1 Å². The first kappa shape index (κ1) is 9.26. The second-order valence-electron chi connectivity index (χ2n) is 3.47. The van der Waals surface area contributed by atoms with Gasteiger partial charge in [0.2, 0.25) is 0 Å². The van der Waals surface area contributed by atoms with E-state index in [2.05, 4.69) is 24.3 Å². The lowest BCUT2D eigenvalue weighted by Gasteiger charge is -2.04. The summed E-state index contributed by atoms with van der Waals surface area (Å²) in [4.78, 5) is 0. The van der Waals surface area contributed by atoms with Crippen molar-refractivity contribution in [3.63, 3.8) is 0 Å². The highest BCUT2D eigenvalue weighted by atomic mass is 16.5. The molecule has 0 saturated heterocycles. The van der Waals surface area contributed by atoms with E-state index in [-0.39, 0.29) is 0 Å². The third-order valence-electron chi connectivity index (χ3n) is 1.69. The van der Waals surface area contributed by atoms with Crippen molar-refractivity contribution in [2.24, 2.45) is 5.92 Å². The van der Waals surface area contributed by atoms with E-state index in [1.165, 1.54) is 0 Å². The van der Waals surface area contributed by atoms with Crippen LogP contribution in [0.1, 0.15) is 25.1 Å². The molecule has 1 N–H and O–H groups in total. The van der Waals surface area contributed by atoms with Crippen LogP contribution < -0.4 is 5.32 Å². The molecule has 0 unspecified atom stereocenters. The van der Waals surface area contributed by atoms with Gasteiger partial charge in [0.1, 0.15) is 12.0 Å². The monoisotopic (exact) mass is 168 g/mol. The summed E-state index contributed by atoms with van der Waals surface area (Å²) in [6, 6.07) is 0. The minimum absolute atomic E-state index is 0.678. The molecule has 1 aromatic rings. The Morgan fingerprint density at radius 3 is 2.83 bits per heavy atom. The van der Waals surface area contributed by atoms with Crippen LogP contribution in [0.15, 0.2) is 10.8 Å². The zero-order chi connectivity index (χ0) is 8.97. The van der Waals surface area contributed by atoms with Gasteiger partial charge in [0.25, 0.3) is 0 Å². The molecule has 3 heteroatoms. The molecule has 0 aromatic carbocycles. The fourth-order valence-corrected chi connectivity index (χ4v) is 0.960. The van der Waals surface area contributed by atoms with Crippen molar-refractivity contribution in [1.29, 1.82) is 0 Å². The fraction of sp³-hybridized carbons (Fsp3) is 0.667. The number of nitrogens with one attached hydrogen (secondary N) is 1. The largest absolute Gasteiger partial charge is 0.364 e. The van der Waals surface area contributed by atoms with Gasteiger partial charge < -0.3 is 9.84 Å². The molecule has 0 saturated carbocycles. The maximum atomic E-state index is 4.81. The number of aromatic nitrogens is 1. The van der Waals surface area contributed by atoms with E-state index in [4.69, 9.17) is 4.52 Å². The number of aryl methyl sites for hydroxylation is 1. The molecule has 0 aliphatic rings. The Morgan fingerprint density at radius 1 is 1.58 bits per heavy atom. The molecule has 3 nitrogen and oxygen atoms in total. The zero-order valence-corrected chi connectivity index (χ0v) is 7.92. The van der Waals surface area contributed by atoms with Gasteiger partial charge in [-0.15, -0.1) is 0 Å². The van der Waals surface area contributed by atoms with Gasteiger partial charge in [-0.1, -0.05) is 19.0 Å². The minimum Gasteiger partial charge on any atom is -0.364 e. The van der Waals surface area contributed by atoms with Crippen molar-refractivity contribution >= 4 is 0 Å². The summed E-state index contributed by atoms with van der Waals surface area (Å²) in [6.07, 6.45) is 1.67. The number of rotatable bonds is 4. The van der Waals surface area contributed by atoms with E-state index in [1.807, 2.05) is 6.92 Å². The highest BCUT2D eigenvalue weighted by Gasteiger charge is 2.01. The van der Waals surface area contributed by atoms with E-state index in [1.54, 1.807) is 6.26 Å². The number of hydrogen-bond donors (Lipinski definition) is 1. The average Bonchev–Trinajstić information content (AvgIpc) is 2.36. The first-order valence-electron chi connectivity index (χ1n) is 4.30. The van der Waals surface area contributed by atoms with Crippen LogP contribution in [0.3, 0.4) is 0 Å². The van der Waals surface area contributed by atoms with Crippen molar-refractivity contribution in [1.82, 2.24) is 10.5 Å². The quantitative estimate of drug-likeness (QED) is 0.744. The summed E-state index contributed by atoms with van der Waals surface area (Å²) < 4.78 is 4.81. The smallest absolute Gasteiger partial charge is 0.127 e. The van der Waals surface area contributed by atoms with E-state index in [9.17, 15) is 0 Å². The minimum atomic E-state index is 0.678. The topological polar surface area (TPSA) is 38.1 Å². The molecule has 1 heterocycles. The lowest BCUT2D eigenvalue weighted by Crippen LogP contribution is -2.19. The van der Waals surface area contributed by atoms with Crippen LogP contribution in [0.4, 0.5) is 0 Å². The normalized spacial score (nSPS) is 11.0. The highest BCUT2D eigenvalue weighted by Crippen LogP contribution is 2.03. The van der Waals surface area contributed by atoms with Gasteiger partial charge in [-0.3, -0.25) is 0 Å². The van der Waals surface area contributed by atoms with Crippen molar-refractivity contribution in [3.05, 3.63) is 17.5 Å². The molecule has 0 amide bonds. The summed E-state index contributed by atoms with van der Waals surface area (Å²) in [5.41, 5.74) is 2.13. The Labute approximate surface area is 73.1 Å². The Morgan fingerprint density at radius 2 is 2.33 bits per heavy atom. The van der Waals surface area contributed by atoms with Crippen molar-refractivity contribution in [2.45, 2.75) is 27.3 Å². The Balaban J connectivity index is 2.29. The Bertz CT molecular complexity index is 230. The maximum Gasteiger partial charge on any atom is 0.127 e. The molecular weight excluding hydrogens is 152 g/mol. The molecule has 68 valence electrons. The molecule has 0 aliphatic heterocycles. The molecule has 0 fully saturated rings.